The van der Waals surface area contributed by atoms with Gasteiger partial charge in [0.05, 0.1) is 5.41 Å². The highest BCUT2D eigenvalue weighted by Crippen LogP contribution is 2.13. The van der Waals surface area contributed by atoms with Crippen molar-refractivity contribution in [2.75, 3.05) is 53.5 Å². The van der Waals surface area contributed by atoms with E-state index in [9.17, 15) is 9.59 Å². The highest BCUT2D eigenvalue weighted by molar-refractivity contribution is 14.0. The van der Waals surface area contributed by atoms with E-state index in [2.05, 4.69) is 20.9 Å². The Morgan fingerprint density at radius 1 is 1.12 bits per heavy atom. The number of nitrogens with zero attached hydrogens (tertiary/aromatic N) is 2. The highest BCUT2D eigenvalue weighted by atomic mass is 127. The van der Waals surface area contributed by atoms with E-state index < -0.39 is 5.41 Å². The van der Waals surface area contributed by atoms with Crippen LogP contribution in [0.1, 0.15) is 34.1 Å². The number of aliphatic imine (C=N–C) groups is 1. The summed E-state index contributed by atoms with van der Waals surface area (Å²) in [4.78, 5) is 29.6. The smallest absolute Gasteiger partial charge is 0.243 e. The first-order chi connectivity index (χ1) is 11.7. The molecule has 0 fully saturated rings. The molecule has 0 saturated carbocycles. The molecule has 0 aromatic heterocycles. The van der Waals surface area contributed by atoms with Crippen molar-refractivity contribution in [1.82, 2.24) is 20.9 Å². The van der Waals surface area contributed by atoms with E-state index >= 15 is 0 Å². The minimum absolute atomic E-state index is 0. The van der Waals surface area contributed by atoms with Crippen molar-refractivity contribution in [3.05, 3.63) is 0 Å². The molecule has 2 amide bonds. The van der Waals surface area contributed by atoms with Crippen LogP contribution >= 0.6 is 24.0 Å². The predicted octanol–water partition coefficient (Wildman–Crippen LogP) is 0.817. The molecule has 0 bridgehead atoms. The van der Waals surface area contributed by atoms with Gasteiger partial charge in [-0.15, -0.1) is 24.0 Å². The Bertz CT molecular complexity index is 442. The van der Waals surface area contributed by atoms with Crippen LogP contribution < -0.4 is 16.0 Å². The van der Waals surface area contributed by atoms with Crippen LogP contribution in [0.15, 0.2) is 4.99 Å². The summed E-state index contributed by atoms with van der Waals surface area (Å²) in [5.74, 6) is 0.407. The third-order valence-electron chi connectivity index (χ3n) is 3.48. The summed E-state index contributed by atoms with van der Waals surface area (Å²) in [7, 11) is 3.39. The van der Waals surface area contributed by atoms with E-state index in [1.807, 2.05) is 27.7 Å². The molecule has 0 aromatic rings. The molecule has 8 nitrogen and oxygen atoms in total. The number of halogens is 1. The zero-order valence-electron chi connectivity index (χ0n) is 17.0. The maximum Gasteiger partial charge on any atom is 0.243 e. The fourth-order valence-corrected chi connectivity index (χ4v) is 1.77. The standard InChI is InChI=1S/C17H35N5O3.HI/c1-7-18-15(24)17(3,4)13-21-16(19-10-9-11-25-8-2)20-12-14(23)22(5)6;/h7-13H2,1-6H3,(H,18,24)(H2,19,20,21);1H. The molecule has 0 atom stereocenters. The van der Waals surface area contributed by atoms with Crippen molar-refractivity contribution in [2.45, 2.75) is 34.1 Å². The number of amides is 2. The first-order valence-electron chi connectivity index (χ1n) is 8.83. The van der Waals surface area contributed by atoms with Crippen LogP contribution in [0.4, 0.5) is 0 Å². The van der Waals surface area contributed by atoms with Gasteiger partial charge in [0, 0.05) is 46.9 Å². The van der Waals surface area contributed by atoms with E-state index in [1.54, 1.807) is 14.1 Å². The molecule has 154 valence electrons. The lowest BCUT2D eigenvalue weighted by Gasteiger charge is -2.25. The van der Waals surface area contributed by atoms with E-state index in [4.69, 9.17) is 4.74 Å². The van der Waals surface area contributed by atoms with Gasteiger partial charge in [0.2, 0.25) is 11.8 Å². The van der Waals surface area contributed by atoms with Gasteiger partial charge in [0.25, 0.3) is 0 Å². The number of hydrogen-bond acceptors (Lipinski definition) is 4. The Morgan fingerprint density at radius 2 is 1.77 bits per heavy atom. The topological polar surface area (TPSA) is 95.1 Å². The second-order valence-electron chi connectivity index (χ2n) is 6.53. The third kappa shape index (κ3) is 12.3. The molecule has 0 radical (unpaired) electrons. The number of rotatable bonds is 11. The average molecular weight is 485 g/mol. The Balaban J connectivity index is 0. The molecule has 0 aliphatic rings. The second kappa shape index (κ2) is 15.0. The summed E-state index contributed by atoms with van der Waals surface area (Å²) in [5.41, 5.74) is -0.588. The Labute approximate surface area is 174 Å². The van der Waals surface area contributed by atoms with E-state index in [1.165, 1.54) is 4.90 Å². The third-order valence-corrected chi connectivity index (χ3v) is 3.48. The molecule has 0 spiro atoms. The van der Waals surface area contributed by atoms with Crippen LogP contribution in [0.5, 0.6) is 0 Å². The van der Waals surface area contributed by atoms with Crippen molar-refractivity contribution >= 4 is 41.8 Å². The summed E-state index contributed by atoms with van der Waals surface area (Å²) < 4.78 is 5.30. The van der Waals surface area contributed by atoms with E-state index in [0.717, 1.165) is 6.42 Å². The fourth-order valence-electron chi connectivity index (χ4n) is 1.77. The number of hydrogen-bond donors (Lipinski definition) is 3. The fraction of sp³-hybridized carbons (Fsp3) is 0.824. The van der Waals surface area contributed by atoms with Gasteiger partial charge in [-0.1, -0.05) is 0 Å². The Kier molecular flexibility index (Phi) is 15.7. The molecule has 3 N–H and O–H groups in total. The van der Waals surface area contributed by atoms with Gasteiger partial charge in [-0.25, -0.2) is 4.99 Å². The van der Waals surface area contributed by atoms with Crippen LogP contribution in [0.2, 0.25) is 0 Å². The molecular weight excluding hydrogens is 449 g/mol. The number of guanidine groups is 1. The molecule has 0 aromatic carbocycles. The molecule has 0 aliphatic heterocycles. The van der Waals surface area contributed by atoms with Gasteiger partial charge in [0.1, 0.15) is 6.54 Å². The molecule has 0 heterocycles. The Morgan fingerprint density at radius 3 is 2.31 bits per heavy atom. The van der Waals surface area contributed by atoms with E-state index in [-0.39, 0.29) is 42.3 Å². The monoisotopic (exact) mass is 485 g/mol. The van der Waals surface area contributed by atoms with E-state index in [0.29, 0.717) is 38.8 Å². The molecule has 9 heteroatoms. The zero-order chi connectivity index (χ0) is 19.3. The van der Waals surface area contributed by atoms with Gasteiger partial charge >= 0.3 is 0 Å². The minimum atomic E-state index is -0.588. The van der Waals surface area contributed by atoms with Crippen molar-refractivity contribution in [3.8, 4) is 0 Å². The maximum absolute atomic E-state index is 12.1. The van der Waals surface area contributed by atoms with Crippen LogP contribution in [-0.2, 0) is 14.3 Å². The lowest BCUT2D eigenvalue weighted by Crippen LogP contribution is -2.48. The maximum atomic E-state index is 12.1. The summed E-state index contributed by atoms with van der Waals surface area (Å²) in [6, 6.07) is 0. The number of nitrogens with one attached hydrogen (secondary N) is 3. The molecular formula is C17H36IN5O3. The lowest BCUT2D eigenvalue weighted by molar-refractivity contribution is -0.129. The Hall–Kier alpha value is -1.10. The molecule has 0 unspecified atom stereocenters. The molecule has 26 heavy (non-hydrogen) atoms. The minimum Gasteiger partial charge on any atom is -0.382 e. The van der Waals surface area contributed by atoms with Gasteiger partial charge in [0.15, 0.2) is 5.96 Å². The van der Waals surface area contributed by atoms with Crippen LogP contribution in [-0.4, -0.2) is 76.2 Å². The van der Waals surface area contributed by atoms with Crippen molar-refractivity contribution in [3.63, 3.8) is 0 Å². The van der Waals surface area contributed by atoms with Gasteiger partial charge in [-0.05, 0) is 34.1 Å². The molecule has 0 saturated heterocycles. The lowest BCUT2D eigenvalue weighted by atomic mass is 9.92. The number of carbonyl (C=O) groups excluding carboxylic acids is 2. The van der Waals surface area contributed by atoms with Gasteiger partial charge in [-0.3, -0.25) is 9.59 Å². The van der Waals surface area contributed by atoms with Crippen LogP contribution in [0.3, 0.4) is 0 Å². The summed E-state index contributed by atoms with van der Waals surface area (Å²) >= 11 is 0. The first-order valence-corrected chi connectivity index (χ1v) is 8.83. The highest BCUT2D eigenvalue weighted by Gasteiger charge is 2.27. The normalized spacial score (nSPS) is 11.4. The van der Waals surface area contributed by atoms with Gasteiger partial charge < -0.3 is 25.6 Å². The number of carbonyl (C=O) groups is 2. The van der Waals surface area contributed by atoms with Crippen molar-refractivity contribution in [2.24, 2.45) is 10.4 Å². The largest absolute Gasteiger partial charge is 0.382 e. The average Bonchev–Trinajstić information content (AvgIpc) is 2.56. The number of ether oxygens (including phenoxy) is 1. The summed E-state index contributed by atoms with van der Waals surface area (Å²) in [6.45, 7) is 10.7. The van der Waals surface area contributed by atoms with Crippen molar-refractivity contribution in [1.29, 1.82) is 0 Å². The zero-order valence-corrected chi connectivity index (χ0v) is 19.3. The van der Waals surface area contributed by atoms with Gasteiger partial charge in [-0.2, -0.15) is 0 Å². The summed E-state index contributed by atoms with van der Waals surface area (Å²) in [5, 5.41) is 9.15. The number of likely N-dealkylation sites (N-methyl/N-ethyl adjacent to an activating group) is 1. The first kappa shape index (κ1) is 27.1. The SMILES string of the molecule is CCNC(=O)C(C)(C)CNC(=NCC(=O)N(C)C)NCCCOCC.I. The quantitative estimate of drug-likeness (QED) is 0.174. The second-order valence-corrected chi connectivity index (χ2v) is 6.53. The van der Waals surface area contributed by atoms with Crippen molar-refractivity contribution < 1.29 is 14.3 Å². The van der Waals surface area contributed by atoms with Crippen LogP contribution in [0.25, 0.3) is 0 Å². The predicted molar refractivity (Wildman–Crippen MR) is 116 cm³/mol. The molecule has 0 rings (SSSR count). The molecule has 0 aliphatic carbocycles. The van der Waals surface area contributed by atoms with Crippen LogP contribution in [0, 0.1) is 5.41 Å². The summed E-state index contributed by atoms with van der Waals surface area (Å²) in [6.07, 6.45) is 0.829.